The van der Waals surface area contributed by atoms with Crippen molar-refractivity contribution in [3.63, 3.8) is 0 Å². The largest absolute Gasteiger partial charge is 0.508 e. The number of amides is 1. The van der Waals surface area contributed by atoms with Gasteiger partial charge in [-0.15, -0.1) is 0 Å². The number of aliphatic imine (C=N–C) groups is 1. The molecule has 3 aromatic carbocycles. The molecule has 1 N–H and O–H groups in total. The van der Waals surface area contributed by atoms with Gasteiger partial charge in [0.2, 0.25) is 0 Å². The number of carbonyl (C=O) groups excluding carboxylic acids is 1. The highest BCUT2D eigenvalue weighted by atomic mass is 35.5. The fraction of sp³-hybridized carbons (Fsp3) is 0.0385. The highest BCUT2D eigenvalue weighted by molar-refractivity contribution is 8.18. The third kappa shape index (κ3) is 4.48. The molecule has 1 aromatic heterocycles. The summed E-state index contributed by atoms with van der Waals surface area (Å²) >= 11 is 7.38. The molecule has 0 fully saturated rings. The summed E-state index contributed by atoms with van der Waals surface area (Å²) in [6.07, 6.45) is 3.73. The van der Waals surface area contributed by atoms with E-state index in [0.717, 1.165) is 28.2 Å². The van der Waals surface area contributed by atoms with E-state index >= 15 is 0 Å². The number of aromatic nitrogens is 2. The number of thioether (sulfide) groups is 1. The zero-order valence-electron chi connectivity index (χ0n) is 18.1. The molecule has 8 heteroatoms. The number of amidine groups is 1. The lowest BCUT2D eigenvalue weighted by atomic mass is 10.1. The van der Waals surface area contributed by atoms with Gasteiger partial charge in [0.1, 0.15) is 5.75 Å². The van der Waals surface area contributed by atoms with Gasteiger partial charge in [-0.25, -0.2) is 4.68 Å². The molecule has 6 nitrogen and oxygen atoms in total. The maximum absolute atomic E-state index is 12.8. The standard InChI is InChI=1S/C26H19ClN4O2S/c1-30(20-11-13-22(32)14-12-20)26-28-25(33)23(34-26)15-18-16-31(21-5-3-2-4-6-21)29-24(18)17-7-9-19(27)10-8-17/h2-16,32H,1H3/b23-15-. The topological polar surface area (TPSA) is 70.7 Å². The average molecular weight is 487 g/mol. The lowest BCUT2D eigenvalue weighted by molar-refractivity contribution is -0.113. The summed E-state index contributed by atoms with van der Waals surface area (Å²) in [5, 5.41) is 15.5. The van der Waals surface area contributed by atoms with Crippen LogP contribution in [-0.4, -0.2) is 33.0 Å². The van der Waals surface area contributed by atoms with Crippen LogP contribution in [0.25, 0.3) is 23.0 Å². The molecule has 34 heavy (non-hydrogen) atoms. The van der Waals surface area contributed by atoms with Crippen LogP contribution in [0.15, 0.2) is 95.0 Å². The van der Waals surface area contributed by atoms with Crippen LogP contribution >= 0.6 is 23.4 Å². The predicted octanol–water partition coefficient (Wildman–Crippen LogP) is 6.01. The Bertz CT molecular complexity index is 1410. The van der Waals surface area contributed by atoms with Gasteiger partial charge in [0.05, 0.1) is 16.3 Å². The third-order valence-electron chi connectivity index (χ3n) is 5.30. The van der Waals surface area contributed by atoms with E-state index in [-0.39, 0.29) is 11.7 Å². The van der Waals surface area contributed by atoms with Gasteiger partial charge in [0, 0.05) is 35.1 Å². The van der Waals surface area contributed by atoms with E-state index < -0.39 is 0 Å². The second-order valence-electron chi connectivity index (χ2n) is 7.61. The van der Waals surface area contributed by atoms with Crippen molar-refractivity contribution in [1.82, 2.24) is 9.78 Å². The molecular formula is C26H19ClN4O2S. The number of phenols is 1. The van der Waals surface area contributed by atoms with Crippen LogP contribution in [0, 0.1) is 0 Å². The fourth-order valence-electron chi connectivity index (χ4n) is 3.51. The highest BCUT2D eigenvalue weighted by Gasteiger charge is 2.26. The number of para-hydroxylation sites is 1. The Morgan fingerprint density at radius 1 is 1.00 bits per heavy atom. The number of hydrogen-bond acceptors (Lipinski definition) is 5. The second-order valence-corrected chi connectivity index (χ2v) is 9.05. The molecule has 1 amide bonds. The minimum Gasteiger partial charge on any atom is -0.508 e. The second kappa shape index (κ2) is 9.21. The van der Waals surface area contributed by atoms with Crippen molar-refractivity contribution in [2.75, 3.05) is 11.9 Å². The molecular weight excluding hydrogens is 468 g/mol. The summed E-state index contributed by atoms with van der Waals surface area (Å²) < 4.78 is 1.80. The molecule has 1 aliphatic heterocycles. The van der Waals surface area contributed by atoms with E-state index in [1.807, 2.05) is 78.8 Å². The first-order valence-electron chi connectivity index (χ1n) is 10.4. The number of nitrogens with zero attached hydrogens (tertiary/aromatic N) is 4. The van der Waals surface area contributed by atoms with Crippen molar-refractivity contribution < 1.29 is 9.90 Å². The Morgan fingerprint density at radius 3 is 2.41 bits per heavy atom. The third-order valence-corrected chi connectivity index (χ3v) is 6.61. The summed E-state index contributed by atoms with van der Waals surface area (Å²) in [4.78, 5) is 19.3. The Hall–Kier alpha value is -3.81. The summed E-state index contributed by atoms with van der Waals surface area (Å²) in [7, 11) is 1.83. The Kier molecular flexibility index (Phi) is 5.96. The molecule has 5 rings (SSSR count). The average Bonchev–Trinajstić information content (AvgIpc) is 3.44. The minimum absolute atomic E-state index is 0.181. The van der Waals surface area contributed by atoms with Gasteiger partial charge in [0.25, 0.3) is 5.91 Å². The SMILES string of the molecule is CN(C1=NC(=O)/C(=C/c2cn(-c3ccccc3)nc2-c2ccc(Cl)cc2)S1)c1ccc(O)cc1. The molecule has 0 unspecified atom stereocenters. The van der Waals surface area contributed by atoms with E-state index in [2.05, 4.69) is 4.99 Å². The lowest BCUT2D eigenvalue weighted by Crippen LogP contribution is -2.21. The first kappa shape index (κ1) is 22.0. The first-order valence-corrected chi connectivity index (χ1v) is 11.6. The van der Waals surface area contributed by atoms with Gasteiger partial charge >= 0.3 is 0 Å². The van der Waals surface area contributed by atoms with Crippen molar-refractivity contribution in [2.45, 2.75) is 0 Å². The van der Waals surface area contributed by atoms with Gasteiger partial charge < -0.3 is 10.0 Å². The van der Waals surface area contributed by atoms with Gasteiger partial charge in [0.15, 0.2) is 5.17 Å². The number of anilines is 1. The fourth-order valence-corrected chi connectivity index (χ4v) is 4.52. The lowest BCUT2D eigenvalue weighted by Gasteiger charge is -2.17. The van der Waals surface area contributed by atoms with E-state index in [1.54, 1.807) is 28.9 Å². The van der Waals surface area contributed by atoms with Crippen LogP contribution < -0.4 is 4.90 Å². The Labute approximate surface area is 205 Å². The van der Waals surface area contributed by atoms with Crippen molar-refractivity contribution in [1.29, 1.82) is 0 Å². The van der Waals surface area contributed by atoms with Crippen molar-refractivity contribution in [3.05, 3.63) is 101 Å². The van der Waals surface area contributed by atoms with E-state index in [0.29, 0.717) is 15.1 Å². The number of carbonyl (C=O) groups is 1. The smallest absolute Gasteiger partial charge is 0.286 e. The van der Waals surface area contributed by atoms with E-state index in [9.17, 15) is 9.90 Å². The first-order chi connectivity index (χ1) is 16.5. The number of aromatic hydroxyl groups is 1. The van der Waals surface area contributed by atoms with Crippen molar-refractivity contribution >= 4 is 46.2 Å². The van der Waals surface area contributed by atoms with Crippen LogP contribution in [0.3, 0.4) is 0 Å². The minimum atomic E-state index is -0.305. The molecule has 1 aliphatic rings. The van der Waals surface area contributed by atoms with Gasteiger partial charge in [-0.3, -0.25) is 4.79 Å². The van der Waals surface area contributed by atoms with Gasteiger partial charge in [-0.05, 0) is 66.4 Å². The zero-order valence-corrected chi connectivity index (χ0v) is 19.7. The van der Waals surface area contributed by atoms with Crippen LogP contribution in [0.1, 0.15) is 5.56 Å². The quantitative estimate of drug-likeness (QED) is 0.358. The molecule has 0 aliphatic carbocycles. The van der Waals surface area contributed by atoms with Crippen LogP contribution in [0.4, 0.5) is 5.69 Å². The molecule has 0 radical (unpaired) electrons. The highest BCUT2D eigenvalue weighted by Crippen LogP contribution is 2.34. The number of phenolic OH excluding ortho intramolecular Hbond substituents is 1. The molecule has 0 spiro atoms. The summed E-state index contributed by atoms with van der Waals surface area (Å²) in [6, 6.07) is 24.0. The summed E-state index contributed by atoms with van der Waals surface area (Å²) in [5.41, 5.74) is 4.16. The Balaban J connectivity index is 1.50. The van der Waals surface area contributed by atoms with Crippen molar-refractivity contribution in [3.8, 4) is 22.7 Å². The molecule has 0 saturated carbocycles. The van der Waals surface area contributed by atoms with E-state index in [1.165, 1.54) is 11.8 Å². The maximum Gasteiger partial charge on any atom is 0.286 e. The maximum atomic E-state index is 12.8. The van der Waals surface area contributed by atoms with Crippen molar-refractivity contribution in [2.24, 2.45) is 4.99 Å². The molecule has 168 valence electrons. The van der Waals surface area contributed by atoms with Gasteiger partial charge in [-0.2, -0.15) is 10.1 Å². The Morgan fingerprint density at radius 2 is 1.71 bits per heavy atom. The molecule has 4 aromatic rings. The van der Waals surface area contributed by atoms with Crippen LogP contribution in [0.2, 0.25) is 5.02 Å². The molecule has 0 atom stereocenters. The molecule has 0 bridgehead atoms. The number of benzene rings is 3. The van der Waals surface area contributed by atoms with Crippen LogP contribution in [-0.2, 0) is 4.79 Å². The van der Waals surface area contributed by atoms with Gasteiger partial charge in [-0.1, -0.05) is 41.9 Å². The monoisotopic (exact) mass is 486 g/mol. The molecule has 2 heterocycles. The normalized spacial score (nSPS) is 14.5. The van der Waals surface area contributed by atoms with Crippen LogP contribution in [0.5, 0.6) is 5.75 Å². The number of hydrogen-bond donors (Lipinski definition) is 1. The molecule has 0 saturated heterocycles. The zero-order chi connectivity index (χ0) is 23.7. The van der Waals surface area contributed by atoms with E-state index in [4.69, 9.17) is 16.7 Å². The summed E-state index contributed by atoms with van der Waals surface area (Å²) in [5.74, 6) is -0.125. The number of rotatable bonds is 4. The predicted molar refractivity (Wildman–Crippen MR) is 139 cm³/mol. The number of halogens is 1. The summed E-state index contributed by atoms with van der Waals surface area (Å²) in [6.45, 7) is 0.